The van der Waals surface area contributed by atoms with E-state index in [0.717, 1.165) is 27.3 Å². The zero-order chi connectivity index (χ0) is 21.3. The van der Waals surface area contributed by atoms with Gasteiger partial charge >= 0.3 is 0 Å². The molecule has 29 heavy (non-hydrogen) atoms. The maximum atomic E-state index is 12.8. The molecule has 0 spiro atoms. The second-order valence-corrected chi connectivity index (χ2v) is 10.5. The van der Waals surface area contributed by atoms with Crippen LogP contribution in [0.4, 0.5) is 11.4 Å². The van der Waals surface area contributed by atoms with Gasteiger partial charge in [0.05, 0.1) is 22.1 Å². The van der Waals surface area contributed by atoms with E-state index in [4.69, 9.17) is 0 Å². The predicted molar refractivity (Wildman–Crippen MR) is 116 cm³/mol. The average molecular weight is 433 g/mol. The average Bonchev–Trinajstić information content (AvgIpc) is 2.63. The van der Waals surface area contributed by atoms with Gasteiger partial charge < -0.3 is 10.6 Å². The molecule has 0 saturated heterocycles. The first-order chi connectivity index (χ1) is 13.6. The number of hydrogen-bond acceptors (Lipinski definition) is 5. The van der Waals surface area contributed by atoms with E-state index in [1.54, 1.807) is 13.0 Å². The Kier molecular flexibility index (Phi) is 6.05. The zero-order valence-electron chi connectivity index (χ0n) is 16.8. The van der Waals surface area contributed by atoms with Crippen LogP contribution < -0.4 is 10.6 Å². The van der Waals surface area contributed by atoms with E-state index in [1.165, 1.54) is 23.9 Å². The number of hydrogen-bond donors (Lipinski definition) is 2. The third-order valence-electron chi connectivity index (χ3n) is 4.79. The van der Waals surface area contributed by atoms with Crippen molar-refractivity contribution < 1.29 is 18.0 Å². The van der Waals surface area contributed by atoms with Gasteiger partial charge in [0, 0.05) is 16.5 Å². The first kappa shape index (κ1) is 21.4. The van der Waals surface area contributed by atoms with Crippen LogP contribution in [0.25, 0.3) is 0 Å². The van der Waals surface area contributed by atoms with Gasteiger partial charge in [-0.05, 0) is 50.1 Å². The van der Waals surface area contributed by atoms with Gasteiger partial charge in [-0.25, -0.2) is 8.42 Å². The van der Waals surface area contributed by atoms with Crippen molar-refractivity contribution in [2.24, 2.45) is 5.92 Å². The summed E-state index contributed by atoms with van der Waals surface area (Å²) in [5.41, 5.74) is 4.20. The maximum absolute atomic E-state index is 12.8. The number of nitrogens with one attached hydrogen (secondary N) is 2. The number of benzene rings is 2. The van der Waals surface area contributed by atoms with Gasteiger partial charge in [0.1, 0.15) is 0 Å². The normalized spacial score (nSPS) is 14.7. The monoisotopic (exact) mass is 432 g/mol. The van der Waals surface area contributed by atoms with Gasteiger partial charge in [-0.3, -0.25) is 9.59 Å². The minimum atomic E-state index is -3.70. The van der Waals surface area contributed by atoms with Crippen molar-refractivity contribution in [1.82, 2.24) is 0 Å². The van der Waals surface area contributed by atoms with E-state index < -0.39 is 15.8 Å². The lowest BCUT2D eigenvalue weighted by Gasteiger charge is -2.18. The Morgan fingerprint density at radius 3 is 2.48 bits per heavy atom. The van der Waals surface area contributed by atoms with Crippen molar-refractivity contribution in [1.29, 1.82) is 0 Å². The number of carbonyl (C=O) groups excluding carboxylic acids is 2. The first-order valence-electron chi connectivity index (χ1n) is 9.25. The summed E-state index contributed by atoms with van der Waals surface area (Å²) in [4.78, 5) is 25.2. The molecule has 1 atom stereocenters. The van der Waals surface area contributed by atoms with E-state index in [-0.39, 0.29) is 22.5 Å². The third-order valence-corrected chi connectivity index (χ3v) is 7.77. The van der Waals surface area contributed by atoms with Crippen LogP contribution in [0.1, 0.15) is 23.6 Å². The Labute approximate surface area is 175 Å². The number of fused-ring (bicyclic) bond motifs is 1. The van der Waals surface area contributed by atoms with E-state index in [9.17, 15) is 18.0 Å². The molecular weight excluding hydrogens is 408 g/mol. The quantitative estimate of drug-likeness (QED) is 0.752. The fraction of sp³-hybridized carbons (Fsp3) is 0.333. The molecule has 154 valence electrons. The molecule has 1 aliphatic rings. The SMILES string of the molecule is Cc1cc(C)c(NC(=O)[C@H](C)CS(=O)(=O)c2ccc3c(c2)NC(=O)CS3)c(C)c1. The Morgan fingerprint density at radius 1 is 1.17 bits per heavy atom. The number of sulfone groups is 1. The molecule has 1 heterocycles. The van der Waals surface area contributed by atoms with Gasteiger partial charge in [0.2, 0.25) is 11.8 Å². The van der Waals surface area contributed by atoms with Gasteiger partial charge in [0.15, 0.2) is 9.84 Å². The molecule has 2 aromatic rings. The maximum Gasteiger partial charge on any atom is 0.234 e. The molecule has 2 aromatic carbocycles. The van der Waals surface area contributed by atoms with E-state index >= 15 is 0 Å². The van der Waals surface area contributed by atoms with Crippen LogP contribution in [0.15, 0.2) is 40.1 Å². The zero-order valence-corrected chi connectivity index (χ0v) is 18.5. The Bertz CT molecular complexity index is 1070. The smallest absolute Gasteiger partial charge is 0.234 e. The van der Waals surface area contributed by atoms with E-state index in [2.05, 4.69) is 10.6 Å². The van der Waals surface area contributed by atoms with Crippen molar-refractivity contribution in [2.45, 2.75) is 37.5 Å². The van der Waals surface area contributed by atoms with Crippen LogP contribution in [0.2, 0.25) is 0 Å². The molecule has 0 saturated carbocycles. The lowest BCUT2D eigenvalue weighted by Crippen LogP contribution is -2.28. The highest BCUT2D eigenvalue weighted by Gasteiger charge is 2.26. The van der Waals surface area contributed by atoms with Crippen molar-refractivity contribution in [3.05, 3.63) is 47.0 Å². The number of carbonyl (C=O) groups is 2. The summed E-state index contributed by atoms with van der Waals surface area (Å²) in [5, 5.41) is 5.57. The Balaban J connectivity index is 1.76. The van der Waals surface area contributed by atoms with E-state index in [0.29, 0.717) is 11.4 Å². The van der Waals surface area contributed by atoms with Crippen LogP contribution in [0.5, 0.6) is 0 Å². The van der Waals surface area contributed by atoms with E-state index in [1.807, 2.05) is 32.9 Å². The van der Waals surface area contributed by atoms with Crippen LogP contribution in [0, 0.1) is 26.7 Å². The second kappa shape index (κ2) is 8.20. The van der Waals surface area contributed by atoms with Crippen LogP contribution in [0.3, 0.4) is 0 Å². The number of aryl methyl sites for hydroxylation is 3. The molecule has 8 heteroatoms. The van der Waals surface area contributed by atoms with Crippen molar-refractivity contribution in [3.8, 4) is 0 Å². The molecule has 0 bridgehead atoms. The predicted octanol–water partition coefficient (Wildman–Crippen LogP) is 3.70. The molecule has 0 aliphatic carbocycles. The number of rotatable bonds is 5. The number of thioether (sulfide) groups is 1. The molecule has 3 rings (SSSR count). The van der Waals surface area contributed by atoms with Gasteiger partial charge in [0.25, 0.3) is 0 Å². The largest absolute Gasteiger partial charge is 0.325 e. The Morgan fingerprint density at radius 2 is 1.83 bits per heavy atom. The van der Waals surface area contributed by atoms with Crippen LogP contribution in [-0.4, -0.2) is 31.7 Å². The minimum Gasteiger partial charge on any atom is -0.325 e. The van der Waals surface area contributed by atoms with Crippen molar-refractivity contribution in [2.75, 3.05) is 22.1 Å². The number of anilines is 2. The molecule has 2 N–H and O–H groups in total. The van der Waals surface area contributed by atoms with Crippen LogP contribution >= 0.6 is 11.8 Å². The number of amides is 2. The summed E-state index contributed by atoms with van der Waals surface area (Å²) in [6.45, 7) is 7.41. The summed E-state index contributed by atoms with van der Waals surface area (Å²) in [6, 6.07) is 8.63. The second-order valence-electron chi connectivity index (χ2n) is 7.44. The van der Waals surface area contributed by atoms with Gasteiger partial charge in [-0.15, -0.1) is 11.8 Å². The first-order valence-corrected chi connectivity index (χ1v) is 11.9. The topological polar surface area (TPSA) is 92.3 Å². The highest BCUT2D eigenvalue weighted by Crippen LogP contribution is 2.33. The molecule has 1 aliphatic heterocycles. The molecule has 0 aromatic heterocycles. The van der Waals surface area contributed by atoms with Gasteiger partial charge in [-0.2, -0.15) is 0 Å². The minimum absolute atomic E-state index is 0.0985. The van der Waals surface area contributed by atoms with Crippen LogP contribution in [-0.2, 0) is 19.4 Å². The molecule has 6 nitrogen and oxygen atoms in total. The summed E-state index contributed by atoms with van der Waals surface area (Å²) < 4.78 is 25.7. The van der Waals surface area contributed by atoms with Crippen molar-refractivity contribution >= 4 is 44.8 Å². The molecular formula is C21H24N2O4S2. The Hall–Kier alpha value is -2.32. The molecule has 0 unspecified atom stereocenters. The summed E-state index contributed by atoms with van der Waals surface area (Å²) in [5.74, 6) is -1.24. The highest BCUT2D eigenvalue weighted by atomic mass is 32.2. The fourth-order valence-electron chi connectivity index (χ4n) is 3.38. The standard InChI is InChI=1S/C21H24N2O4S2/c1-12-7-13(2)20(14(3)8-12)23-21(25)15(4)11-29(26,27)16-5-6-18-17(9-16)22-19(24)10-28-18/h5-9,15H,10-11H2,1-4H3,(H,22,24)(H,23,25)/t15-/m1/s1. The lowest BCUT2D eigenvalue weighted by molar-refractivity contribution is -0.118. The van der Waals surface area contributed by atoms with Crippen molar-refractivity contribution in [3.63, 3.8) is 0 Å². The molecule has 0 fully saturated rings. The molecule has 0 radical (unpaired) electrons. The summed E-state index contributed by atoms with van der Waals surface area (Å²) >= 11 is 1.37. The highest BCUT2D eigenvalue weighted by molar-refractivity contribution is 8.00. The molecule has 2 amide bonds. The fourth-order valence-corrected chi connectivity index (χ4v) is 5.74. The van der Waals surface area contributed by atoms with Gasteiger partial charge in [-0.1, -0.05) is 24.6 Å². The summed E-state index contributed by atoms with van der Waals surface area (Å²) in [6.07, 6.45) is 0. The third kappa shape index (κ3) is 4.82. The lowest BCUT2D eigenvalue weighted by atomic mass is 10.0. The summed E-state index contributed by atoms with van der Waals surface area (Å²) in [7, 11) is -3.70.